The average molecular weight is 606 g/mol. The third kappa shape index (κ3) is 4.42. The number of hydrogen-bond donors (Lipinski definition) is 0. The van der Waals surface area contributed by atoms with E-state index in [2.05, 4.69) is 144 Å². The lowest BCUT2D eigenvalue weighted by molar-refractivity contribution is 1.12. The van der Waals surface area contributed by atoms with Gasteiger partial charge in [0.2, 0.25) is 0 Å². The van der Waals surface area contributed by atoms with E-state index >= 15 is 0 Å². The van der Waals surface area contributed by atoms with Crippen molar-refractivity contribution in [2.45, 2.75) is 0 Å². The molecule has 2 aromatic heterocycles. The molecule has 1 aliphatic heterocycles. The van der Waals surface area contributed by atoms with Gasteiger partial charge in [0.15, 0.2) is 5.82 Å². The first kappa shape index (κ1) is 26.6. The van der Waals surface area contributed by atoms with Crippen LogP contribution in [-0.4, -0.2) is 9.97 Å². The van der Waals surface area contributed by atoms with Crippen molar-refractivity contribution >= 4 is 38.6 Å². The summed E-state index contributed by atoms with van der Waals surface area (Å²) in [4.78, 5) is 14.0. The summed E-state index contributed by atoms with van der Waals surface area (Å²) in [6, 6.07) is 57.7. The van der Waals surface area contributed by atoms with Crippen molar-refractivity contribution in [2.24, 2.45) is 0 Å². The lowest BCUT2D eigenvalue weighted by Crippen LogP contribution is -2.13. The molecule has 0 saturated carbocycles. The molecule has 3 nitrogen and oxygen atoms in total. The van der Waals surface area contributed by atoms with Crippen LogP contribution < -0.4 is 4.90 Å². The van der Waals surface area contributed by atoms with Crippen LogP contribution in [0.3, 0.4) is 0 Å². The van der Waals surface area contributed by atoms with Crippen LogP contribution in [0.15, 0.2) is 164 Å². The SMILES string of the molecule is c1ccc(-c2ccc(-c3cc(N4c5ccccc5-c5sc6ccccc6c5-c5ccccc54)nc(-c4ccccc4)n3)cc2)cc1. The molecule has 0 atom stereocenters. The van der Waals surface area contributed by atoms with E-state index in [0.717, 1.165) is 34.0 Å². The Morgan fingerprint density at radius 1 is 0.457 bits per heavy atom. The van der Waals surface area contributed by atoms with E-state index in [9.17, 15) is 0 Å². The van der Waals surface area contributed by atoms with Gasteiger partial charge in [0.1, 0.15) is 5.82 Å². The molecule has 9 rings (SSSR count). The van der Waals surface area contributed by atoms with Crippen molar-refractivity contribution in [3.05, 3.63) is 164 Å². The number of para-hydroxylation sites is 2. The van der Waals surface area contributed by atoms with E-state index < -0.39 is 0 Å². The predicted molar refractivity (Wildman–Crippen MR) is 193 cm³/mol. The topological polar surface area (TPSA) is 29.0 Å². The van der Waals surface area contributed by atoms with Gasteiger partial charge in [0, 0.05) is 48.8 Å². The monoisotopic (exact) mass is 605 g/mol. The second kappa shape index (κ2) is 11.0. The summed E-state index contributed by atoms with van der Waals surface area (Å²) >= 11 is 1.86. The second-order valence-corrected chi connectivity index (χ2v) is 12.5. The number of benzene rings is 6. The molecule has 0 saturated heterocycles. The Bertz CT molecular complexity index is 2360. The fraction of sp³-hybridized carbons (Fsp3) is 0. The van der Waals surface area contributed by atoms with Gasteiger partial charge in [-0.05, 0) is 29.3 Å². The molecule has 0 N–H and O–H groups in total. The quantitative estimate of drug-likeness (QED) is 0.200. The molecular formula is C42H27N3S. The molecule has 0 spiro atoms. The maximum atomic E-state index is 5.29. The van der Waals surface area contributed by atoms with E-state index in [0.29, 0.717) is 5.82 Å². The van der Waals surface area contributed by atoms with Crippen LogP contribution >= 0.6 is 11.3 Å². The number of fused-ring (bicyclic) bond motifs is 7. The Morgan fingerprint density at radius 2 is 1.02 bits per heavy atom. The highest BCUT2D eigenvalue weighted by Gasteiger charge is 2.30. The highest BCUT2D eigenvalue weighted by molar-refractivity contribution is 7.23. The highest BCUT2D eigenvalue weighted by Crippen LogP contribution is 2.55. The van der Waals surface area contributed by atoms with E-state index in [-0.39, 0.29) is 0 Å². The Hall–Kier alpha value is -5.84. The molecule has 3 heterocycles. The van der Waals surface area contributed by atoms with Gasteiger partial charge in [0.05, 0.1) is 17.1 Å². The van der Waals surface area contributed by atoms with Crippen molar-refractivity contribution < 1.29 is 0 Å². The van der Waals surface area contributed by atoms with Crippen LogP contribution in [0, 0.1) is 0 Å². The van der Waals surface area contributed by atoms with Gasteiger partial charge in [-0.3, -0.25) is 4.90 Å². The largest absolute Gasteiger partial charge is 0.294 e. The van der Waals surface area contributed by atoms with Crippen molar-refractivity contribution in [3.63, 3.8) is 0 Å². The van der Waals surface area contributed by atoms with Gasteiger partial charge < -0.3 is 0 Å². The summed E-state index contributed by atoms with van der Waals surface area (Å²) in [5, 5.41) is 1.28. The van der Waals surface area contributed by atoms with Crippen LogP contribution in [-0.2, 0) is 0 Å². The normalized spacial score (nSPS) is 11.9. The number of anilines is 3. The Morgan fingerprint density at radius 3 is 1.78 bits per heavy atom. The average Bonchev–Trinajstić information content (AvgIpc) is 3.47. The zero-order valence-electron chi connectivity index (χ0n) is 24.8. The van der Waals surface area contributed by atoms with Crippen LogP contribution in [0.4, 0.5) is 17.2 Å². The summed E-state index contributed by atoms with van der Waals surface area (Å²) in [7, 11) is 0. The van der Waals surface area contributed by atoms with Gasteiger partial charge in [0.25, 0.3) is 0 Å². The molecule has 0 radical (unpaired) electrons. The summed E-state index contributed by atoms with van der Waals surface area (Å²) in [5.74, 6) is 1.52. The van der Waals surface area contributed by atoms with Crippen LogP contribution in [0.1, 0.15) is 0 Å². The maximum Gasteiger partial charge on any atom is 0.162 e. The fourth-order valence-corrected chi connectivity index (χ4v) is 7.75. The molecular weight excluding hydrogens is 579 g/mol. The molecule has 1 aliphatic rings. The summed E-state index contributed by atoms with van der Waals surface area (Å²) < 4.78 is 1.29. The van der Waals surface area contributed by atoms with Gasteiger partial charge in [-0.1, -0.05) is 140 Å². The Balaban J connectivity index is 1.28. The second-order valence-electron chi connectivity index (χ2n) is 11.4. The van der Waals surface area contributed by atoms with Gasteiger partial charge >= 0.3 is 0 Å². The summed E-state index contributed by atoms with van der Waals surface area (Å²) in [6.45, 7) is 0. The van der Waals surface area contributed by atoms with E-state index in [1.165, 1.54) is 42.8 Å². The molecule has 0 unspecified atom stereocenters. The minimum Gasteiger partial charge on any atom is -0.294 e. The minimum atomic E-state index is 0.694. The first-order valence-corrected chi connectivity index (χ1v) is 16.2. The number of aromatic nitrogens is 2. The first-order valence-electron chi connectivity index (χ1n) is 15.4. The predicted octanol–water partition coefficient (Wildman–Crippen LogP) is 11.8. The molecule has 6 aromatic carbocycles. The maximum absolute atomic E-state index is 5.29. The van der Waals surface area contributed by atoms with Crippen LogP contribution in [0.5, 0.6) is 0 Å². The number of hydrogen-bond acceptors (Lipinski definition) is 4. The Labute approximate surface area is 271 Å². The van der Waals surface area contributed by atoms with Gasteiger partial charge in [-0.15, -0.1) is 11.3 Å². The molecule has 0 bridgehead atoms. The van der Waals surface area contributed by atoms with Gasteiger partial charge in [-0.25, -0.2) is 9.97 Å². The molecule has 216 valence electrons. The van der Waals surface area contributed by atoms with Crippen molar-refractivity contribution in [3.8, 4) is 55.3 Å². The number of nitrogens with zero attached hydrogens (tertiary/aromatic N) is 3. The van der Waals surface area contributed by atoms with E-state index in [4.69, 9.17) is 9.97 Å². The molecule has 4 heteroatoms. The Kier molecular flexibility index (Phi) is 6.32. The summed E-state index contributed by atoms with van der Waals surface area (Å²) in [6.07, 6.45) is 0. The first-order chi connectivity index (χ1) is 22.8. The lowest BCUT2D eigenvalue weighted by atomic mass is 9.99. The smallest absolute Gasteiger partial charge is 0.162 e. The zero-order valence-corrected chi connectivity index (χ0v) is 25.7. The zero-order chi connectivity index (χ0) is 30.5. The van der Waals surface area contributed by atoms with Crippen molar-refractivity contribution in [1.29, 1.82) is 0 Å². The van der Waals surface area contributed by atoms with Gasteiger partial charge in [-0.2, -0.15) is 0 Å². The fourth-order valence-electron chi connectivity index (χ4n) is 6.50. The van der Waals surface area contributed by atoms with Crippen LogP contribution in [0.2, 0.25) is 0 Å². The minimum absolute atomic E-state index is 0.694. The van der Waals surface area contributed by atoms with E-state index in [1.807, 2.05) is 35.6 Å². The molecule has 46 heavy (non-hydrogen) atoms. The molecule has 0 aliphatic carbocycles. The van der Waals surface area contributed by atoms with E-state index in [1.54, 1.807) is 0 Å². The van der Waals surface area contributed by atoms with Crippen molar-refractivity contribution in [2.75, 3.05) is 4.90 Å². The standard InChI is InChI=1S/C42H27N3S/c1-3-13-28(14-4-1)29-23-25-30(26-24-29)35-27-39(44-42(43-35)31-15-5-2-6-16-31)45-36-20-10-7-17-32(36)40-34-19-9-12-22-38(34)46-41(40)33-18-8-11-21-37(33)45/h1-27H. The van der Waals surface area contributed by atoms with Crippen LogP contribution in [0.25, 0.3) is 65.4 Å². The number of thiophene rings is 1. The number of rotatable bonds is 4. The third-order valence-electron chi connectivity index (χ3n) is 8.66. The summed E-state index contributed by atoms with van der Waals surface area (Å²) in [5.41, 5.74) is 11.1. The molecule has 0 amide bonds. The third-order valence-corrected chi connectivity index (χ3v) is 9.86. The lowest BCUT2D eigenvalue weighted by Gasteiger charge is -2.27. The molecule has 0 fully saturated rings. The highest BCUT2D eigenvalue weighted by atomic mass is 32.1. The van der Waals surface area contributed by atoms with Crippen molar-refractivity contribution in [1.82, 2.24) is 9.97 Å². The molecule has 8 aromatic rings.